The number of aromatic nitrogens is 3. The summed E-state index contributed by atoms with van der Waals surface area (Å²) in [5.41, 5.74) is -0.766. The lowest BCUT2D eigenvalue weighted by atomic mass is 10.2. The number of nitrogens with zero attached hydrogens (tertiary/aromatic N) is 5. The minimum Gasteiger partial charge on any atom is -0.353 e. The van der Waals surface area contributed by atoms with E-state index < -0.39 is 11.7 Å². The maximum absolute atomic E-state index is 12.6. The molecular formula is C16H18F3N5O. The van der Waals surface area contributed by atoms with E-state index in [2.05, 4.69) is 10.1 Å². The second-order valence-corrected chi connectivity index (χ2v) is 5.88. The molecule has 2 aromatic heterocycles. The Labute approximate surface area is 142 Å². The van der Waals surface area contributed by atoms with E-state index in [1.807, 2.05) is 4.90 Å². The molecule has 0 bridgehead atoms. The van der Waals surface area contributed by atoms with Crippen LogP contribution in [0.25, 0.3) is 0 Å². The van der Waals surface area contributed by atoms with Gasteiger partial charge in [-0.15, -0.1) is 0 Å². The Bertz CT molecular complexity index is 706. The molecule has 1 aliphatic heterocycles. The fourth-order valence-corrected chi connectivity index (χ4v) is 2.78. The second kappa shape index (κ2) is 6.73. The molecule has 1 atom stereocenters. The molecule has 1 unspecified atom stereocenters. The van der Waals surface area contributed by atoms with Gasteiger partial charge in [0.25, 0.3) is 0 Å². The summed E-state index contributed by atoms with van der Waals surface area (Å²) in [6, 6.07) is 3.77. The highest BCUT2D eigenvalue weighted by molar-refractivity contribution is 5.80. The van der Waals surface area contributed by atoms with Crippen molar-refractivity contribution >= 4 is 11.7 Å². The van der Waals surface area contributed by atoms with E-state index in [9.17, 15) is 18.0 Å². The molecule has 1 fully saturated rings. The molecule has 1 saturated heterocycles. The average molecular weight is 353 g/mol. The van der Waals surface area contributed by atoms with Crippen LogP contribution in [0.1, 0.15) is 18.5 Å². The molecule has 1 amide bonds. The number of pyridine rings is 1. The molecule has 3 rings (SSSR count). The van der Waals surface area contributed by atoms with Gasteiger partial charge < -0.3 is 9.80 Å². The number of piperazine rings is 1. The predicted octanol–water partition coefficient (Wildman–Crippen LogP) is 2.21. The summed E-state index contributed by atoms with van der Waals surface area (Å²) in [4.78, 5) is 20.0. The van der Waals surface area contributed by atoms with Gasteiger partial charge in [0.2, 0.25) is 5.91 Å². The maximum atomic E-state index is 12.6. The number of carbonyl (C=O) groups excluding carboxylic acids is 1. The molecule has 9 heteroatoms. The van der Waals surface area contributed by atoms with Crippen LogP contribution in [0.4, 0.5) is 19.0 Å². The van der Waals surface area contributed by atoms with E-state index in [4.69, 9.17) is 0 Å². The van der Waals surface area contributed by atoms with E-state index in [0.29, 0.717) is 32.0 Å². The first kappa shape index (κ1) is 17.2. The van der Waals surface area contributed by atoms with Crippen LogP contribution in [-0.2, 0) is 11.0 Å². The number of rotatable bonds is 3. The molecule has 25 heavy (non-hydrogen) atoms. The number of anilines is 1. The van der Waals surface area contributed by atoms with E-state index in [-0.39, 0.29) is 11.9 Å². The van der Waals surface area contributed by atoms with Gasteiger partial charge in [0.05, 0.1) is 5.56 Å². The first-order valence-electron chi connectivity index (χ1n) is 7.92. The Morgan fingerprint density at radius 1 is 1.20 bits per heavy atom. The van der Waals surface area contributed by atoms with Gasteiger partial charge >= 0.3 is 6.18 Å². The van der Waals surface area contributed by atoms with E-state index in [0.717, 1.165) is 12.3 Å². The lowest BCUT2D eigenvalue weighted by Crippen LogP contribution is -2.50. The lowest BCUT2D eigenvalue weighted by molar-refractivity contribution is -0.138. The summed E-state index contributed by atoms with van der Waals surface area (Å²) < 4.78 is 39.4. The molecule has 0 saturated carbocycles. The zero-order valence-electron chi connectivity index (χ0n) is 13.6. The fraction of sp³-hybridized carbons (Fsp3) is 0.438. The standard InChI is InChI=1S/C16H18F3N5O/c1-12(24-6-2-5-21-24)15(25)23-9-7-22(8-10-23)14-4-3-13(11-20-14)16(17,18)19/h2-6,11-12H,7-10H2,1H3. The minimum absolute atomic E-state index is 0.0243. The minimum atomic E-state index is -4.39. The summed E-state index contributed by atoms with van der Waals surface area (Å²) in [5, 5.41) is 4.08. The molecule has 0 aliphatic carbocycles. The summed E-state index contributed by atoms with van der Waals surface area (Å²) in [6.45, 7) is 3.82. The van der Waals surface area contributed by atoms with Crippen molar-refractivity contribution < 1.29 is 18.0 Å². The zero-order valence-corrected chi connectivity index (χ0v) is 13.6. The molecule has 0 spiro atoms. The van der Waals surface area contributed by atoms with Crippen molar-refractivity contribution in [3.05, 3.63) is 42.4 Å². The summed E-state index contributed by atoms with van der Waals surface area (Å²) in [6.07, 6.45) is -0.186. The average Bonchev–Trinajstić information content (AvgIpc) is 3.14. The lowest BCUT2D eigenvalue weighted by Gasteiger charge is -2.36. The summed E-state index contributed by atoms with van der Waals surface area (Å²) in [7, 11) is 0. The van der Waals surface area contributed by atoms with Crippen LogP contribution >= 0.6 is 0 Å². The molecule has 0 N–H and O–H groups in total. The third-order valence-corrected chi connectivity index (χ3v) is 4.27. The monoisotopic (exact) mass is 353 g/mol. The number of amides is 1. The first-order chi connectivity index (χ1) is 11.9. The number of hydrogen-bond acceptors (Lipinski definition) is 4. The Morgan fingerprint density at radius 2 is 1.92 bits per heavy atom. The topological polar surface area (TPSA) is 54.3 Å². The third-order valence-electron chi connectivity index (χ3n) is 4.27. The maximum Gasteiger partial charge on any atom is 0.417 e. The number of halogens is 3. The van der Waals surface area contributed by atoms with E-state index in [1.165, 1.54) is 6.07 Å². The normalized spacial score (nSPS) is 16.8. The van der Waals surface area contributed by atoms with Crippen molar-refractivity contribution in [3.8, 4) is 0 Å². The van der Waals surface area contributed by atoms with Crippen LogP contribution in [0.5, 0.6) is 0 Å². The number of carbonyl (C=O) groups is 1. The van der Waals surface area contributed by atoms with Crippen molar-refractivity contribution in [1.29, 1.82) is 0 Å². The zero-order chi connectivity index (χ0) is 18.0. The van der Waals surface area contributed by atoms with Crippen molar-refractivity contribution in [3.63, 3.8) is 0 Å². The van der Waals surface area contributed by atoms with Crippen molar-refractivity contribution in [1.82, 2.24) is 19.7 Å². The quantitative estimate of drug-likeness (QED) is 0.849. The van der Waals surface area contributed by atoms with Crippen LogP contribution < -0.4 is 4.90 Å². The van der Waals surface area contributed by atoms with Crippen LogP contribution in [0.15, 0.2) is 36.8 Å². The Kier molecular flexibility index (Phi) is 4.65. The first-order valence-corrected chi connectivity index (χ1v) is 7.92. The van der Waals surface area contributed by atoms with Crippen LogP contribution in [0.3, 0.4) is 0 Å². The van der Waals surface area contributed by atoms with Crippen molar-refractivity contribution in [2.45, 2.75) is 19.1 Å². The largest absolute Gasteiger partial charge is 0.417 e. The van der Waals surface area contributed by atoms with Crippen molar-refractivity contribution in [2.75, 3.05) is 31.1 Å². The van der Waals surface area contributed by atoms with Gasteiger partial charge in [-0.05, 0) is 25.1 Å². The number of hydrogen-bond donors (Lipinski definition) is 0. The van der Waals surface area contributed by atoms with Gasteiger partial charge in [0.15, 0.2) is 0 Å². The Balaban J connectivity index is 1.59. The third kappa shape index (κ3) is 3.75. The molecule has 6 nitrogen and oxygen atoms in total. The van der Waals surface area contributed by atoms with Crippen LogP contribution in [-0.4, -0.2) is 51.8 Å². The van der Waals surface area contributed by atoms with Gasteiger partial charge in [-0.25, -0.2) is 4.98 Å². The van der Waals surface area contributed by atoms with E-state index in [1.54, 1.807) is 35.0 Å². The molecule has 2 aromatic rings. The van der Waals surface area contributed by atoms with Gasteiger partial charge in [0.1, 0.15) is 11.9 Å². The molecule has 134 valence electrons. The number of alkyl halides is 3. The van der Waals surface area contributed by atoms with Crippen molar-refractivity contribution in [2.24, 2.45) is 0 Å². The highest BCUT2D eigenvalue weighted by Gasteiger charge is 2.31. The Hall–Kier alpha value is -2.58. The molecule has 0 radical (unpaired) electrons. The van der Waals surface area contributed by atoms with Gasteiger partial charge in [0, 0.05) is 44.8 Å². The van der Waals surface area contributed by atoms with Gasteiger partial charge in [-0.3, -0.25) is 9.48 Å². The molecule has 1 aliphatic rings. The highest BCUT2D eigenvalue weighted by Crippen LogP contribution is 2.29. The fourth-order valence-electron chi connectivity index (χ4n) is 2.78. The molecule has 0 aromatic carbocycles. The van der Waals surface area contributed by atoms with Crippen LogP contribution in [0.2, 0.25) is 0 Å². The van der Waals surface area contributed by atoms with Crippen LogP contribution in [0, 0.1) is 0 Å². The molecule has 3 heterocycles. The van der Waals surface area contributed by atoms with E-state index >= 15 is 0 Å². The highest BCUT2D eigenvalue weighted by atomic mass is 19.4. The van der Waals surface area contributed by atoms with Gasteiger partial charge in [-0.1, -0.05) is 0 Å². The SMILES string of the molecule is CC(C(=O)N1CCN(c2ccc(C(F)(F)F)cn2)CC1)n1cccn1. The van der Waals surface area contributed by atoms with Gasteiger partial charge in [-0.2, -0.15) is 18.3 Å². The Morgan fingerprint density at radius 3 is 2.44 bits per heavy atom. The smallest absolute Gasteiger partial charge is 0.353 e. The summed E-state index contributed by atoms with van der Waals surface area (Å²) in [5.74, 6) is 0.462. The predicted molar refractivity (Wildman–Crippen MR) is 85.0 cm³/mol. The second-order valence-electron chi connectivity index (χ2n) is 5.88. The molecular weight excluding hydrogens is 335 g/mol. The summed E-state index contributed by atoms with van der Waals surface area (Å²) >= 11 is 0.